The lowest BCUT2D eigenvalue weighted by molar-refractivity contribution is -0.253. The maximum absolute atomic E-state index is 8.02. The Morgan fingerprint density at radius 1 is 0.875 bits per heavy atom. The maximum atomic E-state index is 8.02. The first-order valence-corrected chi connectivity index (χ1v) is 5.15. The predicted molar refractivity (Wildman–Crippen MR) is 65.0 cm³/mol. The predicted octanol–water partition coefficient (Wildman–Crippen LogP) is 3.67. The molecule has 0 bridgehead atoms. The quantitative estimate of drug-likeness (QED) is 0.613. The van der Waals surface area contributed by atoms with Crippen molar-refractivity contribution >= 4 is 0 Å². The van der Waals surface area contributed by atoms with Crippen molar-refractivity contribution in [3.63, 3.8) is 0 Å². The molecule has 0 aromatic heterocycles. The van der Waals surface area contributed by atoms with Crippen molar-refractivity contribution in [1.29, 1.82) is 0 Å². The molecule has 0 unspecified atom stereocenters. The van der Waals surface area contributed by atoms with Crippen molar-refractivity contribution in [2.75, 3.05) is 0 Å². The van der Waals surface area contributed by atoms with Gasteiger partial charge in [0.1, 0.15) is 6.61 Å². The van der Waals surface area contributed by atoms with E-state index in [1.165, 1.54) is 5.56 Å². The van der Waals surface area contributed by atoms with E-state index in [1.807, 2.05) is 48.5 Å². The number of hydrogen-bond acceptors (Lipinski definition) is 2. The molecular formula is C14H16O2. The standard InChI is InChI=1S/C7H8O2.C7H8/c8-9-6-7-4-2-1-3-5-7;1-7-5-3-2-4-6-7/h1-5,8H,6H2;2-6H,1H3. The van der Waals surface area contributed by atoms with Gasteiger partial charge in [-0.3, -0.25) is 5.26 Å². The lowest BCUT2D eigenvalue weighted by Gasteiger charge is -1.93. The molecule has 0 aliphatic rings. The largest absolute Gasteiger partial charge is 0.251 e. The van der Waals surface area contributed by atoms with Crippen LogP contribution in [0.1, 0.15) is 11.1 Å². The Bertz CT molecular complexity index is 370. The maximum Gasteiger partial charge on any atom is 0.107 e. The molecule has 0 spiro atoms. The first kappa shape index (κ1) is 12.4. The highest BCUT2D eigenvalue weighted by Crippen LogP contribution is 1.98. The Morgan fingerprint density at radius 2 is 1.38 bits per heavy atom. The van der Waals surface area contributed by atoms with Gasteiger partial charge in [-0.2, -0.15) is 0 Å². The van der Waals surface area contributed by atoms with E-state index >= 15 is 0 Å². The zero-order chi connectivity index (χ0) is 11.6. The van der Waals surface area contributed by atoms with Crippen LogP contribution in [0.3, 0.4) is 0 Å². The number of rotatable bonds is 2. The highest BCUT2D eigenvalue weighted by Gasteiger charge is 1.86. The van der Waals surface area contributed by atoms with Crippen LogP contribution < -0.4 is 0 Å². The van der Waals surface area contributed by atoms with Crippen molar-refractivity contribution in [2.24, 2.45) is 0 Å². The number of benzene rings is 2. The molecule has 0 radical (unpaired) electrons. The van der Waals surface area contributed by atoms with Crippen LogP contribution in [-0.2, 0) is 11.5 Å². The van der Waals surface area contributed by atoms with E-state index in [-0.39, 0.29) is 6.61 Å². The van der Waals surface area contributed by atoms with Crippen LogP contribution in [0.5, 0.6) is 0 Å². The zero-order valence-electron chi connectivity index (χ0n) is 9.34. The second-order valence-electron chi connectivity index (χ2n) is 3.41. The lowest BCUT2D eigenvalue weighted by Crippen LogP contribution is -1.84. The molecule has 0 amide bonds. The third kappa shape index (κ3) is 5.29. The van der Waals surface area contributed by atoms with Crippen molar-refractivity contribution in [3.8, 4) is 0 Å². The van der Waals surface area contributed by atoms with Crippen molar-refractivity contribution in [3.05, 3.63) is 71.8 Å². The topological polar surface area (TPSA) is 29.5 Å². The van der Waals surface area contributed by atoms with Gasteiger partial charge in [-0.1, -0.05) is 66.2 Å². The van der Waals surface area contributed by atoms with E-state index in [0.717, 1.165) is 5.56 Å². The van der Waals surface area contributed by atoms with Gasteiger partial charge < -0.3 is 0 Å². The first-order valence-electron chi connectivity index (χ1n) is 5.15. The third-order valence-electron chi connectivity index (χ3n) is 2.01. The van der Waals surface area contributed by atoms with E-state index in [0.29, 0.717) is 0 Å². The van der Waals surface area contributed by atoms with E-state index in [4.69, 9.17) is 5.26 Å². The van der Waals surface area contributed by atoms with Gasteiger partial charge in [0.05, 0.1) is 0 Å². The van der Waals surface area contributed by atoms with E-state index < -0.39 is 0 Å². The van der Waals surface area contributed by atoms with Crippen LogP contribution in [0, 0.1) is 6.92 Å². The summed E-state index contributed by atoms with van der Waals surface area (Å²) in [6.07, 6.45) is 0. The summed E-state index contributed by atoms with van der Waals surface area (Å²) < 4.78 is 0. The minimum Gasteiger partial charge on any atom is -0.251 e. The molecule has 0 atom stereocenters. The first-order chi connectivity index (χ1) is 7.83. The van der Waals surface area contributed by atoms with Crippen molar-refractivity contribution in [2.45, 2.75) is 13.5 Å². The van der Waals surface area contributed by atoms with Crippen molar-refractivity contribution < 1.29 is 10.1 Å². The molecule has 2 nitrogen and oxygen atoms in total. The SMILES string of the molecule is Cc1ccccc1.OOCc1ccccc1. The normalized spacial score (nSPS) is 9.12. The molecule has 0 fully saturated rings. The van der Waals surface area contributed by atoms with Gasteiger partial charge in [-0.15, -0.1) is 0 Å². The van der Waals surface area contributed by atoms with Gasteiger partial charge in [-0.05, 0) is 12.5 Å². The van der Waals surface area contributed by atoms with Gasteiger partial charge in [0.2, 0.25) is 0 Å². The van der Waals surface area contributed by atoms with Crippen LogP contribution in [0.2, 0.25) is 0 Å². The Labute approximate surface area is 96.1 Å². The fraction of sp³-hybridized carbons (Fsp3) is 0.143. The summed E-state index contributed by atoms with van der Waals surface area (Å²) in [5.74, 6) is 0. The summed E-state index contributed by atoms with van der Waals surface area (Å²) in [4.78, 5) is 3.93. The monoisotopic (exact) mass is 216 g/mol. The molecule has 2 aromatic carbocycles. The molecule has 2 rings (SSSR count). The summed E-state index contributed by atoms with van der Waals surface area (Å²) in [5.41, 5.74) is 2.29. The van der Waals surface area contributed by atoms with Crippen LogP contribution in [-0.4, -0.2) is 5.26 Å². The molecule has 0 aliphatic heterocycles. The average molecular weight is 216 g/mol. The highest BCUT2D eigenvalue weighted by atomic mass is 17.1. The van der Waals surface area contributed by atoms with E-state index in [2.05, 4.69) is 23.9 Å². The molecule has 0 saturated heterocycles. The molecule has 0 heterocycles. The van der Waals surface area contributed by atoms with Crippen LogP contribution in [0.25, 0.3) is 0 Å². The third-order valence-corrected chi connectivity index (χ3v) is 2.01. The molecule has 2 heteroatoms. The van der Waals surface area contributed by atoms with Crippen molar-refractivity contribution in [1.82, 2.24) is 0 Å². The second kappa shape index (κ2) is 7.63. The fourth-order valence-electron chi connectivity index (χ4n) is 1.18. The smallest absolute Gasteiger partial charge is 0.107 e. The molecule has 2 aromatic rings. The molecule has 84 valence electrons. The van der Waals surface area contributed by atoms with Gasteiger partial charge in [0.15, 0.2) is 0 Å². The van der Waals surface area contributed by atoms with Gasteiger partial charge in [-0.25, -0.2) is 4.89 Å². The summed E-state index contributed by atoms with van der Waals surface area (Å²) in [7, 11) is 0. The van der Waals surface area contributed by atoms with Crippen LogP contribution in [0.4, 0.5) is 0 Å². The number of hydrogen-bond donors (Lipinski definition) is 1. The Morgan fingerprint density at radius 3 is 1.75 bits per heavy atom. The second-order valence-corrected chi connectivity index (χ2v) is 3.41. The summed E-state index contributed by atoms with van der Waals surface area (Å²) in [5, 5.41) is 8.02. The van der Waals surface area contributed by atoms with Gasteiger partial charge >= 0.3 is 0 Å². The minimum atomic E-state index is 0.265. The summed E-state index contributed by atoms with van der Waals surface area (Å²) in [6, 6.07) is 19.7. The summed E-state index contributed by atoms with van der Waals surface area (Å²) in [6.45, 7) is 2.35. The summed E-state index contributed by atoms with van der Waals surface area (Å²) >= 11 is 0. The van der Waals surface area contributed by atoms with E-state index in [9.17, 15) is 0 Å². The van der Waals surface area contributed by atoms with Crippen LogP contribution >= 0.6 is 0 Å². The molecular weight excluding hydrogens is 200 g/mol. The molecule has 16 heavy (non-hydrogen) atoms. The minimum absolute atomic E-state index is 0.265. The number of aryl methyl sites for hydroxylation is 1. The Balaban J connectivity index is 0.000000165. The Kier molecular flexibility index (Phi) is 5.92. The highest BCUT2D eigenvalue weighted by molar-refractivity contribution is 5.13. The van der Waals surface area contributed by atoms with Gasteiger partial charge in [0.25, 0.3) is 0 Å². The molecule has 0 saturated carbocycles. The van der Waals surface area contributed by atoms with E-state index in [1.54, 1.807) is 0 Å². The van der Waals surface area contributed by atoms with Gasteiger partial charge in [0, 0.05) is 0 Å². The molecule has 1 N–H and O–H groups in total. The lowest BCUT2D eigenvalue weighted by atomic mass is 10.2. The molecule has 0 aliphatic carbocycles. The fourth-order valence-corrected chi connectivity index (χ4v) is 1.18. The Hall–Kier alpha value is -1.64. The zero-order valence-corrected chi connectivity index (χ0v) is 9.34. The average Bonchev–Trinajstić information content (AvgIpc) is 2.33. The van der Waals surface area contributed by atoms with Crippen LogP contribution in [0.15, 0.2) is 60.7 Å².